The summed E-state index contributed by atoms with van der Waals surface area (Å²) in [6, 6.07) is 1.70. The topological polar surface area (TPSA) is 135 Å². The van der Waals surface area contributed by atoms with Gasteiger partial charge in [-0.15, -0.1) is 0 Å². The smallest absolute Gasteiger partial charge is 0.410 e. The maximum absolute atomic E-state index is 12.2. The van der Waals surface area contributed by atoms with Gasteiger partial charge in [-0.05, 0) is 26.8 Å². The molecule has 0 saturated carbocycles. The summed E-state index contributed by atoms with van der Waals surface area (Å²) in [5.41, 5.74) is -1.06. The maximum atomic E-state index is 12.2. The van der Waals surface area contributed by atoms with Crippen molar-refractivity contribution in [2.24, 2.45) is 0 Å². The largest absolute Gasteiger partial charge is 0.444 e. The number of aromatic nitrogens is 4. The van der Waals surface area contributed by atoms with Crippen LogP contribution >= 0.6 is 0 Å². The van der Waals surface area contributed by atoms with E-state index in [0.717, 1.165) is 0 Å². The molecule has 180 valence electrons. The van der Waals surface area contributed by atoms with Gasteiger partial charge in [0.15, 0.2) is 0 Å². The molecule has 0 spiro atoms. The molecule has 0 aliphatic carbocycles. The van der Waals surface area contributed by atoms with E-state index in [4.69, 9.17) is 9.47 Å². The molecule has 1 saturated heterocycles. The zero-order valence-electron chi connectivity index (χ0n) is 19.5. The number of rotatable bonds is 7. The summed E-state index contributed by atoms with van der Waals surface area (Å²) in [4.78, 5) is 51.1. The number of nitrogens with zero attached hydrogens (tertiary/aromatic N) is 5. The standard InChI is InChI=1S/C21H31N7O5/c1-21(2,3)33-20(31)27-9-7-26(8-10-27)18-22-6-5-16(24-18)23-13-15-14-28(11-12-32-4)19(30)25-17(15)29/h5-6,14H,7-13H2,1-4H3,(H,22,23,24)(H,25,29,30). The quantitative estimate of drug-likeness (QED) is 0.609. The van der Waals surface area contributed by atoms with E-state index >= 15 is 0 Å². The van der Waals surface area contributed by atoms with Gasteiger partial charge in [-0.3, -0.25) is 14.3 Å². The van der Waals surface area contributed by atoms with E-state index in [0.29, 0.717) is 56.7 Å². The molecule has 3 rings (SSSR count). The van der Waals surface area contributed by atoms with Crippen LogP contribution in [0.4, 0.5) is 16.6 Å². The summed E-state index contributed by atoms with van der Waals surface area (Å²) >= 11 is 0. The third-order valence-corrected chi connectivity index (χ3v) is 4.94. The molecule has 1 aliphatic heterocycles. The van der Waals surface area contributed by atoms with Crippen molar-refractivity contribution < 1.29 is 14.3 Å². The number of carbonyl (C=O) groups is 1. The van der Waals surface area contributed by atoms with E-state index in [2.05, 4.69) is 20.3 Å². The number of methoxy groups -OCH3 is 1. The van der Waals surface area contributed by atoms with Crippen molar-refractivity contribution >= 4 is 17.9 Å². The van der Waals surface area contributed by atoms with Gasteiger partial charge in [-0.1, -0.05) is 0 Å². The number of aromatic amines is 1. The molecular weight excluding hydrogens is 430 g/mol. The first-order valence-electron chi connectivity index (χ1n) is 10.8. The molecule has 0 unspecified atom stereocenters. The Kier molecular flexibility index (Phi) is 7.69. The molecule has 0 bridgehead atoms. The van der Waals surface area contributed by atoms with Crippen LogP contribution in [0.25, 0.3) is 0 Å². The van der Waals surface area contributed by atoms with Crippen molar-refractivity contribution in [3.8, 4) is 0 Å². The van der Waals surface area contributed by atoms with E-state index in [-0.39, 0.29) is 12.6 Å². The number of H-pyrrole nitrogens is 1. The summed E-state index contributed by atoms with van der Waals surface area (Å²) < 4.78 is 11.8. The predicted molar refractivity (Wildman–Crippen MR) is 123 cm³/mol. The van der Waals surface area contributed by atoms with Gasteiger partial charge in [-0.2, -0.15) is 4.98 Å². The Morgan fingerprint density at radius 2 is 1.94 bits per heavy atom. The van der Waals surface area contributed by atoms with Crippen LogP contribution in [0.15, 0.2) is 28.0 Å². The molecule has 2 N–H and O–H groups in total. The fourth-order valence-corrected chi connectivity index (χ4v) is 3.24. The molecule has 1 aliphatic rings. The minimum Gasteiger partial charge on any atom is -0.444 e. The van der Waals surface area contributed by atoms with Crippen LogP contribution < -0.4 is 21.5 Å². The number of amides is 1. The van der Waals surface area contributed by atoms with Gasteiger partial charge in [0.2, 0.25) is 5.95 Å². The lowest BCUT2D eigenvalue weighted by Crippen LogP contribution is -2.50. The molecular formula is C21H31N7O5. The Bertz CT molecular complexity index is 1070. The van der Waals surface area contributed by atoms with Crippen molar-refractivity contribution in [1.82, 2.24) is 24.4 Å². The van der Waals surface area contributed by atoms with Gasteiger partial charge in [0.25, 0.3) is 5.56 Å². The normalized spacial score (nSPS) is 14.3. The van der Waals surface area contributed by atoms with Crippen molar-refractivity contribution in [2.45, 2.75) is 39.5 Å². The second kappa shape index (κ2) is 10.5. The molecule has 0 radical (unpaired) electrons. The Morgan fingerprint density at radius 3 is 2.61 bits per heavy atom. The van der Waals surface area contributed by atoms with E-state index in [1.165, 1.54) is 10.8 Å². The number of hydrogen-bond acceptors (Lipinski definition) is 9. The van der Waals surface area contributed by atoms with Gasteiger partial charge in [0.05, 0.1) is 18.7 Å². The molecule has 1 fully saturated rings. The van der Waals surface area contributed by atoms with Crippen molar-refractivity contribution in [1.29, 1.82) is 0 Å². The van der Waals surface area contributed by atoms with Crippen molar-refractivity contribution in [3.63, 3.8) is 0 Å². The van der Waals surface area contributed by atoms with Crippen LogP contribution in [0, 0.1) is 0 Å². The number of ether oxygens (including phenoxy) is 2. The van der Waals surface area contributed by atoms with Crippen LogP contribution in [-0.2, 0) is 22.6 Å². The summed E-state index contributed by atoms with van der Waals surface area (Å²) in [6.45, 7) is 8.58. The molecule has 12 heteroatoms. The first kappa shape index (κ1) is 24.2. The van der Waals surface area contributed by atoms with Crippen LogP contribution in [0.2, 0.25) is 0 Å². The summed E-state index contributed by atoms with van der Waals surface area (Å²) in [7, 11) is 1.54. The summed E-state index contributed by atoms with van der Waals surface area (Å²) in [6.07, 6.45) is 2.83. The maximum Gasteiger partial charge on any atom is 0.410 e. The van der Waals surface area contributed by atoms with E-state index in [9.17, 15) is 14.4 Å². The first-order valence-corrected chi connectivity index (χ1v) is 10.8. The number of anilines is 2. The Balaban J connectivity index is 1.60. The van der Waals surface area contributed by atoms with Gasteiger partial charge in [0, 0.05) is 52.2 Å². The molecule has 0 atom stereocenters. The van der Waals surface area contributed by atoms with Crippen LogP contribution in [0.3, 0.4) is 0 Å². The van der Waals surface area contributed by atoms with Gasteiger partial charge in [-0.25, -0.2) is 14.6 Å². The average Bonchev–Trinajstić information content (AvgIpc) is 2.77. The summed E-state index contributed by atoms with van der Waals surface area (Å²) in [5, 5.41) is 3.11. The predicted octanol–water partition coefficient (Wildman–Crippen LogP) is 0.642. The fourth-order valence-electron chi connectivity index (χ4n) is 3.24. The molecule has 1 amide bonds. The highest BCUT2D eigenvalue weighted by Gasteiger charge is 2.26. The van der Waals surface area contributed by atoms with E-state index < -0.39 is 16.9 Å². The van der Waals surface area contributed by atoms with Crippen LogP contribution in [0.1, 0.15) is 26.3 Å². The van der Waals surface area contributed by atoms with Crippen LogP contribution in [0.5, 0.6) is 0 Å². The molecule has 33 heavy (non-hydrogen) atoms. The minimum absolute atomic E-state index is 0.186. The molecule has 2 aromatic heterocycles. The van der Waals surface area contributed by atoms with Gasteiger partial charge in [0.1, 0.15) is 11.4 Å². The SMILES string of the molecule is COCCn1cc(CNc2ccnc(N3CCN(C(=O)OC(C)(C)C)CC3)n2)c(=O)[nH]c1=O. The number of carbonyl (C=O) groups excluding carboxylic acids is 1. The van der Waals surface area contributed by atoms with E-state index in [1.54, 1.807) is 24.3 Å². The average molecular weight is 462 g/mol. The monoisotopic (exact) mass is 461 g/mol. The number of piperazine rings is 1. The highest BCUT2D eigenvalue weighted by atomic mass is 16.6. The first-order chi connectivity index (χ1) is 15.7. The Hall–Kier alpha value is -3.41. The lowest BCUT2D eigenvalue weighted by Gasteiger charge is -2.35. The number of nitrogens with one attached hydrogen (secondary N) is 2. The van der Waals surface area contributed by atoms with Gasteiger partial charge >= 0.3 is 11.8 Å². The Morgan fingerprint density at radius 1 is 1.21 bits per heavy atom. The Labute approximate surface area is 191 Å². The fraction of sp³-hybridized carbons (Fsp3) is 0.571. The van der Waals surface area contributed by atoms with Crippen molar-refractivity contribution in [3.05, 3.63) is 44.9 Å². The lowest BCUT2D eigenvalue weighted by atomic mass is 10.2. The lowest BCUT2D eigenvalue weighted by molar-refractivity contribution is 0.0240. The third-order valence-electron chi connectivity index (χ3n) is 4.94. The van der Waals surface area contributed by atoms with E-state index in [1.807, 2.05) is 25.7 Å². The van der Waals surface area contributed by atoms with Gasteiger partial charge < -0.3 is 24.6 Å². The highest BCUT2D eigenvalue weighted by Crippen LogP contribution is 2.16. The third kappa shape index (κ3) is 6.78. The number of hydrogen-bond donors (Lipinski definition) is 2. The zero-order chi connectivity index (χ0) is 24.0. The zero-order valence-corrected chi connectivity index (χ0v) is 19.5. The molecule has 0 aromatic carbocycles. The molecule has 2 aromatic rings. The summed E-state index contributed by atoms with van der Waals surface area (Å²) in [5.74, 6) is 1.08. The highest BCUT2D eigenvalue weighted by molar-refractivity contribution is 5.68. The molecule has 12 nitrogen and oxygen atoms in total. The second-order valence-corrected chi connectivity index (χ2v) is 8.65. The van der Waals surface area contributed by atoms with Crippen molar-refractivity contribution in [2.75, 3.05) is 50.1 Å². The second-order valence-electron chi connectivity index (χ2n) is 8.65. The minimum atomic E-state index is -0.532. The van der Waals surface area contributed by atoms with Crippen LogP contribution in [-0.4, -0.2) is 76.0 Å². The molecule has 3 heterocycles.